The van der Waals surface area contributed by atoms with Gasteiger partial charge in [0.25, 0.3) is 5.91 Å². The topological polar surface area (TPSA) is 71.0 Å². The Balaban J connectivity index is 1.70. The number of ether oxygens (including phenoxy) is 2. The minimum Gasteiger partial charge on any atom is -0.508 e. The molecule has 186 valence electrons. The van der Waals surface area contributed by atoms with Crippen LogP contribution in [0, 0.1) is 0 Å². The Morgan fingerprint density at radius 1 is 0.857 bits per heavy atom. The van der Waals surface area contributed by atoms with E-state index in [0.717, 1.165) is 17.5 Å². The Hall–Kier alpha value is -3.51. The lowest BCUT2D eigenvalue weighted by molar-refractivity contribution is -0.00690. The summed E-state index contributed by atoms with van der Waals surface area (Å²) in [4.78, 5) is 15.1. The van der Waals surface area contributed by atoms with Gasteiger partial charge in [0.1, 0.15) is 12.0 Å². The summed E-state index contributed by atoms with van der Waals surface area (Å²) < 4.78 is 11.8. The highest BCUT2D eigenvalue weighted by Gasteiger charge is 2.23. The Bertz CT molecular complexity index is 1100. The minimum absolute atomic E-state index is 0.170. The summed E-state index contributed by atoms with van der Waals surface area (Å²) >= 11 is 0. The highest BCUT2D eigenvalue weighted by atomic mass is 16.5. The average molecular weight is 477 g/mol. The first kappa shape index (κ1) is 26.1. The third-order valence-corrected chi connectivity index (χ3v) is 5.89. The smallest absolute Gasteiger partial charge is 0.255 e. The summed E-state index contributed by atoms with van der Waals surface area (Å²) in [6.07, 6.45) is 0.555. The molecule has 0 saturated carbocycles. The van der Waals surface area contributed by atoms with Crippen molar-refractivity contribution in [2.24, 2.45) is 0 Å². The van der Waals surface area contributed by atoms with Gasteiger partial charge in [-0.25, -0.2) is 0 Å². The van der Waals surface area contributed by atoms with Gasteiger partial charge in [-0.2, -0.15) is 0 Å². The summed E-state index contributed by atoms with van der Waals surface area (Å²) in [7, 11) is 1.60. The first-order chi connectivity index (χ1) is 16.7. The lowest BCUT2D eigenvalue weighted by atomic mass is 10.0. The molecular formula is C29H36N2O4. The molecule has 0 spiro atoms. The second-order valence-corrected chi connectivity index (χ2v) is 9.21. The van der Waals surface area contributed by atoms with E-state index >= 15 is 0 Å². The molecule has 6 heteroatoms. The van der Waals surface area contributed by atoms with E-state index in [9.17, 15) is 9.90 Å². The summed E-state index contributed by atoms with van der Waals surface area (Å²) in [5.74, 6) is 1.24. The van der Waals surface area contributed by atoms with E-state index in [0.29, 0.717) is 34.8 Å². The summed E-state index contributed by atoms with van der Waals surface area (Å²) in [5, 5.41) is 12.4. The van der Waals surface area contributed by atoms with Gasteiger partial charge in [-0.1, -0.05) is 24.3 Å². The molecule has 6 nitrogen and oxygen atoms in total. The third kappa shape index (κ3) is 6.99. The molecule has 0 radical (unpaired) electrons. The Morgan fingerprint density at radius 2 is 1.43 bits per heavy atom. The minimum atomic E-state index is -0.198. The number of rotatable bonds is 10. The van der Waals surface area contributed by atoms with Gasteiger partial charge in [-0.3, -0.25) is 9.69 Å². The molecule has 0 aliphatic heterocycles. The molecule has 1 atom stereocenters. The molecule has 0 aromatic heterocycles. The van der Waals surface area contributed by atoms with Crippen LogP contribution in [0.4, 0.5) is 5.69 Å². The molecule has 0 bridgehead atoms. The van der Waals surface area contributed by atoms with E-state index in [4.69, 9.17) is 9.47 Å². The van der Waals surface area contributed by atoms with E-state index in [2.05, 4.69) is 37.9 Å². The fourth-order valence-corrected chi connectivity index (χ4v) is 4.35. The number of phenolic OH excluding ortho intramolecular Hbond substituents is 1. The van der Waals surface area contributed by atoms with E-state index in [1.54, 1.807) is 37.4 Å². The fraction of sp³-hybridized carbons (Fsp3) is 0.345. The molecular weight excluding hydrogens is 440 g/mol. The molecule has 3 rings (SSSR count). The van der Waals surface area contributed by atoms with Gasteiger partial charge in [-0.15, -0.1) is 0 Å². The Kier molecular flexibility index (Phi) is 8.77. The number of methoxy groups -OCH3 is 1. The second kappa shape index (κ2) is 11.8. The molecule has 2 N–H and O–H groups in total. The van der Waals surface area contributed by atoms with E-state index in [-0.39, 0.29) is 17.9 Å². The zero-order valence-electron chi connectivity index (χ0n) is 21.4. The van der Waals surface area contributed by atoms with E-state index in [1.807, 2.05) is 43.3 Å². The first-order valence-corrected chi connectivity index (χ1v) is 12.0. The highest BCUT2D eigenvalue weighted by molar-refractivity contribution is 6.04. The van der Waals surface area contributed by atoms with Crippen molar-refractivity contribution in [3.8, 4) is 17.2 Å². The van der Waals surface area contributed by atoms with Gasteiger partial charge in [0, 0.05) is 29.4 Å². The fourth-order valence-electron chi connectivity index (χ4n) is 4.35. The van der Waals surface area contributed by atoms with Crippen LogP contribution in [-0.4, -0.2) is 41.3 Å². The molecule has 35 heavy (non-hydrogen) atoms. The van der Waals surface area contributed by atoms with Gasteiger partial charge in [0.05, 0.1) is 7.11 Å². The molecule has 0 saturated heterocycles. The maximum Gasteiger partial charge on any atom is 0.255 e. The van der Waals surface area contributed by atoms with Gasteiger partial charge in [0.2, 0.25) is 0 Å². The molecule has 0 aliphatic carbocycles. The van der Waals surface area contributed by atoms with Gasteiger partial charge >= 0.3 is 0 Å². The normalized spacial score (nSPS) is 12.1. The van der Waals surface area contributed by atoms with Crippen LogP contribution < -0.4 is 14.8 Å². The molecule has 3 aromatic rings. The van der Waals surface area contributed by atoms with Crippen LogP contribution in [0.2, 0.25) is 0 Å². The molecule has 0 fully saturated rings. The number of aromatic hydroxyl groups is 1. The number of benzene rings is 3. The van der Waals surface area contributed by atoms with Crippen LogP contribution in [-0.2, 0) is 6.42 Å². The van der Waals surface area contributed by atoms with Crippen LogP contribution in [0.5, 0.6) is 17.2 Å². The van der Waals surface area contributed by atoms with Crippen molar-refractivity contribution in [1.29, 1.82) is 0 Å². The molecule has 3 aromatic carbocycles. The number of hydrogen-bond acceptors (Lipinski definition) is 5. The van der Waals surface area contributed by atoms with E-state index in [1.165, 1.54) is 0 Å². The van der Waals surface area contributed by atoms with Gasteiger partial charge in [-0.05, 0) is 88.6 Å². The van der Waals surface area contributed by atoms with Gasteiger partial charge < -0.3 is 19.9 Å². The molecule has 0 heterocycles. The van der Waals surface area contributed by atoms with Crippen molar-refractivity contribution in [1.82, 2.24) is 4.90 Å². The molecule has 1 unspecified atom stereocenters. The second-order valence-electron chi connectivity index (χ2n) is 9.21. The average Bonchev–Trinajstić information content (AvgIpc) is 2.80. The Labute approximate surface area is 208 Å². The van der Waals surface area contributed by atoms with Crippen molar-refractivity contribution in [3.05, 3.63) is 83.4 Å². The standard InChI is InChI=1S/C29H36N2O4/c1-19(2)31(20(3)4)21(5)35-28-18-25(13-16-27(28)34-6)30-29(33)24-11-7-22(8-12-24)17-23-9-14-26(32)15-10-23/h7-16,18-21,32H,17H2,1-6H3,(H,30,33). The van der Waals surface area contributed by atoms with Crippen LogP contribution in [0.3, 0.4) is 0 Å². The third-order valence-electron chi connectivity index (χ3n) is 5.89. The van der Waals surface area contributed by atoms with Crippen LogP contribution in [0.25, 0.3) is 0 Å². The lowest BCUT2D eigenvalue weighted by Crippen LogP contribution is -2.46. The van der Waals surface area contributed by atoms with Crippen LogP contribution >= 0.6 is 0 Å². The van der Waals surface area contributed by atoms with Crippen molar-refractivity contribution in [2.75, 3.05) is 12.4 Å². The number of anilines is 1. The van der Waals surface area contributed by atoms with Crippen LogP contribution in [0.1, 0.15) is 56.1 Å². The quantitative estimate of drug-likeness (QED) is 0.347. The number of nitrogens with one attached hydrogen (secondary N) is 1. The lowest BCUT2D eigenvalue weighted by Gasteiger charge is -2.36. The monoisotopic (exact) mass is 476 g/mol. The number of hydrogen-bond donors (Lipinski definition) is 2. The van der Waals surface area contributed by atoms with Crippen LogP contribution in [0.15, 0.2) is 66.7 Å². The van der Waals surface area contributed by atoms with Crippen molar-refractivity contribution >= 4 is 11.6 Å². The zero-order chi connectivity index (χ0) is 25.5. The van der Waals surface area contributed by atoms with Crippen molar-refractivity contribution in [2.45, 2.75) is 59.4 Å². The number of carbonyl (C=O) groups excluding carboxylic acids is 1. The number of carbonyl (C=O) groups is 1. The molecule has 1 amide bonds. The number of amides is 1. The predicted molar refractivity (Wildman–Crippen MR) is 141 cm³/mol. The van der Waals surface area contributed by atoms with Crippen molar-refractivity contribution < 1.29 is 19.4 Å². The predicted octanol–water partition coefficient (Wildman–Crippen LogP) is 6.09. The summed E-state index contributed by atoms with van der Waals surface area (Å²) in [6, 6.07) is 20.7. The van der Waals surface area contributed by atoms with E-state index < -0.39 is 0 Å². The Morgan fingerprint density at radius 3 is 1.97 bits per heavy atom. The first-order valence-electron chi connectivity index (χ1n) is 12.0. The summed E-state index contributed by atoms with van der Waals surface area (Å²) in [6.45, 7) is 10.6. The van der Waals surface area contributed by atoms with Gasteiger partial charge in [0.15, 0.2) is 11.5 Å². The van der Waals surface area contributed by atoms with Crippen molar-refractivity contribution in [3.63, 3.8) is 0 Å². The maximum absolute atomic E-state index is 12.9. The highest BCUT2D eigenvalue weighted by Crippen LogP contribution is 2.32. The SMILES string of the molecule is COc1ccc(NC(=O)c2ccc(Cc3ccc(O)cc3)cc2)cc1OC(C)N(C(C)C)C(C)C. The molecule has 0 aliphatic rings. The summed E-state index contributed by atoms with van der Waals surface area (Å²) in [5.41, 5.74) is 3.37. The maximum atomic E-state index is 12.9. The number of nitrogens with zero attached hydrogens (tertiary/aromatic N) is 1. The number of phenols is 1. The zero-order valence-corrected chi connectivity index (χ0v) is 21.4. The largest absolute Gasteiger partial charge is 0.508 e.